The number of carbonyl (C=O) groups is 1. The van der Waals surface area contributed by atoms with Crippen molar-refractivity contribution in [2.45, 2.75) is 32.7 Å². The molecule has 5 heteroatoms. The summed E-state index contributed by atoms with van der Waals surface area (Å²) in [5.41, 5.74) is 6.34. The Morgan fingerprint density at radius 2 is 2.00 bits per heavy atom. The molecular formula is C16H22N2O2S. The number of nitrogens with two attached hydrogens (primary N) is 1. The van der Waals surface area contributed by atoms with Crippen LogP contribution >= 0.6 is 12.2 Å². The maximum absolute atomic E-state index is 12.3. The third kappa shape index (κ3) is 4.70. The number of thiocarbonyl (C=S) groups is 1. The van der Waals surface area contributed by atoms with Gasteiger partial charge < -0.3 is 15.4 Å². The lowest BCUT2D eigenvalue weighted by atomic mass is 10.2. The molecule has 0 aromatic heterocycles. The Morgan fingerprint density at radius 1 is 1.38 bits per heavy atom. The second-order valence-electron chi connectivity index (χ2n) is 5.85. The van der Waals surface area contributed by atoms with Gasteiger partial charge in [-0.3, -0.25) is 4.79 Å². The van der Waals surface area contributed by atoms with E-state index in [0.717, 1.165) is 24.9 Å². The van der Waals surface area contributed by atoms with Crippen molar-refractivity contribution in [3.8, 4) is 5.75 Å². The van der Waals surface area contributed by atoms with Crippen LogP contribution < -0.4 is 10.5 Å². The second-order valence-corrected chi connectivity index (χ2v) is 6.29. The summed E-state index contributed by atoms with van der Waals surface area (Å²) in [6.07, 6.45) is 2.22. The number of benzene rings is 1. The molecule has 2 N–H and O–H groups in total. The Labute approximate surface area is 131 Å². The molecule has 0 unspecified atom stereocenters. The van der Waals surface area contributed by atoms with Gasteiger partial charge in [-0.25, -0.2) is 0 Å². The molecule has 0 aliphatic heterocycles. The van der Waals surface area contributed by atoms with Crippen LogP contribution in [0.4, 0.5) is 0 Å². The number of nitrogens with zero attached hydrogens (tertiary/aromatic N) is 1. The fourth-order valence-electron chi connectivity index (χ4n) is 2.18. The molecule has 1 fully saturated rings. The van der Waals surface area contributed by atoms with E-state index in [0.29, 0.717) is 22.7 Å². The minimum absolute atomic E-state index is 0.0598. The van der Waals surface area contributed by atoms with Crippen LogP contribution in [-0.4, -0.2) is 35.0 Å². The van der Waals surface area contributed by atoms with Crippen LogP contribution in [0.2, 0.25) is 0 Å². The topological polar surface area (TPSA) is 55.6 Å². The summed E-state index contributed by atoms with van der Waals surface area (Å²) in [6, 6.07) is 7.58. The Hall–Kier alpha value is -1.62. The number of ether oxygens (including phenoxy) is 1. The second kappa shape index (κ2) is 6.89. The molecule has 114 valence electrons. The Morgan fingerprint density at radius 3 is 2.48 bits per heavy atom. The molecule has 1 aliphatic carbocycles. The first kappa shape index (κ1) is 15.8. The van der Waals surface area contributed by atoms with E-state index < -0.39 is 0 Å². The highest BCUT2D eigenvalue weighted by molar-refractivity contribution is 7.80. The van der Waals surface area contributed by atoms with Crippen LogP contribution in [0.3, 0.4) is 0 Å². The number of rotatable bonds is 7. The fourth-order valence-corrected chi connectivity index (χ4v) is 2.31. The highest BCUT2D eigenvalue weighted by Gasteiger charge is 2.32. The summed E-state index contributed by atoms with van der Waals surface area (Å²) in [5.74, 6) is 1.19. The molecule has 0 saturated heterocycles. The summed E-state index contributed by atoms with van der Waals surface area (Å²) in [4.78, 5) is 14.6. The van der Waals surface area contributed by atoms with E-state index in [1.165, 1.54) is 0 Å². The van der Waals surface area contributed by atoms with Gasteiger partial charge in [0, 0.05) is 18.2 Å². The summed E-state index contributed by atoms with van der Waals surface area (Å²) in [7, 11) is 0. The van der Waals surface area contributed by atoms with Crippen LogP contribution in [0.5, 0.6) is 5.75 Å². The predicted octanol–water partition coefficient (Wildman–Crippen LogP) is 2.35. The van der Waals surface area contributed by atoms with Gasteiger partial charge >= 0.3 is 0 Å². The molecule has 4 nitrogen and oxygen atoms in total. The van der Waals surface area contributed by atoms with Crippen LogP contribution in [0.1, 0.15) is 32.3 Å². The van der Waals surface area contributed by atoms with Gasteiger partial charge in [0.1, 0.15) is 10.7 Å². The molecule has 0 radical (unpaired) electrons. The molecule has 1 amide bonds. The lowest BCUT2D eigenvalue weighted by molar-refractivity contribution is -0.134. The minimum atomic E-state index is 0.0598. The standard InChI is InChI=1S/C16H22N2O2S/c1-11(2)9-18(13-5-6-13)15(19)10-20-14-7-3-12(4-8-14)16(17)21/h3-4,7-8,11,13H,5-6,9-10H2,1-2H3,(H2,17,21). The first-order chi connectivity index (χ1) is 9.97. The summed E-state index contributed by atoms with van der Waals surface area (Å²) in [5, 5.41) is 0. The highest BCUT2D eigenvalue weighted by atomic mass is 32.1. The van der Waals surface area contributed by atoms with Gasteiger partial charge in [0.15, 0.2) is 6.61 Å². The van der Waals surface area contributed by atoms with Gasteiger partial charge in [-0.15, -0.1) is 0 Å². The predicted molar refractivity (Wildman–Crippen MR) is 87.4 cm³/mol. The van der Waals surface area contributed by atoms with Crippen LogP contribution in [-0.2, 0) is 4.79 Å². The SMILES string of the molecule is CC(C)CN(C(=O)COc1ccc(C(N)=S)cc1)C1CC1. The summed E-state index contributed by atoms with van der Waals surface area (Å²) >= 11 is 4.90. The van der Waals surface area contributed by atoms with Crippen molar-refractivity contribution in [1.29, 1.82) is 0 Å². The maximum Gasteiger partial charge on any atom is 0.260 e. The maximum atomic E-state index is 12.3. The molecule has 2 rings (SSSR count). The molecular weight excluding hydrogens is 284 g/mol. The number of hydrogen-bond donors (Lipinski definition) is 1. The van der Waals surface area contributed by atoms with Gasteiger partial charge in [-0.2, -0.15) is 0 Å². The molecule has 0 bridgehead atoms. The number of amides is 1. The monoisotopic (exact) mass is 306 g/mol. The van der Waals surface area contributed by atoms with Crippen molar-refractivity contribution in [2.24, 2.45) is 11.7 Å². The van der Waals surface area contributed by atoms with Crippen LogP contribution in [0.25, 0.3) is 0 Å². The van der Waals surface area contributed by atoms with Gasteiger partial charge in [0.25, 0.3) is 5.91 Å². The van der Waals surface area contributed by atoms with Crippen LogP contribution in [0, 0.1) is 5.92 Å². The van der Waals surface area contributed by atoms with Crippen molar-refractivity contribution >= 4 is 23.1 Å². The van der Waals surface area contributed by atoms with E-state index in [1.54, 1.807) is 24.3 Å². The molecule has 1 saturated carbocycles. The van der Waals surface area contributed by atoms with Gasteiger partial charge in [-0.05, 0) is 43.0 Å². The largest absolute Gasteiger partial charge is 0.484 e. The van der Waals surface area contributed by atoms with Crippen molar-refractivity contribution in [2.75, 3.05) is 13.2 Å². The highest BCUT2D eigenvalue weighted by Crippen LogP contribution is 2.27. The molecule has 1 aromatic rings. The molecule has 1 aliphatic rings. The van der Waals surface area contributed by atoms with Crippen molar-refractivity contribution in [3.63, 3.8) is 0 Å². The average molecular weight is 306 g/mol. The summed E-state index contributed by atoms with van der Waals surface area (Å²) in [6.45, 7) is 5.12. The lowest BCUT2D eigenvalue weighted by Gasteiger charge is -2.24. The van der Waals surface area contributed by atoms with Gasteiger partial charge in [-0.1, -0.05) is 26.1 Å². The number of carbonyl (C=O) groups excluding carboxylic acids is 1. The molecule has 0 heterocycles. The average Bonchev–Trinajstić information content (AvgIpc) is 3.27. The molecule has 1 aromatic carbocycles. The zero-order chi connectivity index (χ0) is 15.4. The van der Waals surface area contributed by atoms with Crippen LogP contribution in [0.15, 0.2) is 24.3 Å². The van der Waals surface area contributed by atoms with E-state index in [-0.39, 0.29) is 12.5 Å². The fraction of sp³-hybridized carbons (Fsp3) is 0.500. The molecule has 21 heavy (non-hydrogen) atoms. The van der Waals surface area contributed by atoms with Crippen molar-refractivity contribution in [1.82, 2.24) is 4.90 Å². The third-order valence-corrected chi connectivity index (χ3v) is 3.61. The Balaban J connectivity index is 1.88. The van der Waals surface area contributed by atoms with E-state index in [1.807, 2.05) is 4.90 Å². The number of hydrogen-bond acceptors (Lipinski definition) is 3. The zero-order valence-electron chi connectivity index (χ0n) is 12.5. The zero-order valence-corrected chi connectivity index (χ0v) is 13.4. The third-order valence-electron chi connectivity index (χ3n) is 3.37. The first-order valence-electron chi connectivity index (χ1n) is 7.29. The smallest absolute Gasteiger partial charge is 0.260 e. The molecule has 0 atom stereocenters. The van der Waals surface area contributed by atoms with Gasteiger partial charge in [0.05, 0.1) is 0 Å². The molecule has 0 spiro atoms. The summed E-state index contributed by atoms with van der Waals surface area (Å²) < 4.78 is 5.57. The van der Waals surface area contributed by atoms with E-state index >= 15 is 0 Å². The quantitative estimate of drug-likeness (QED) is 0.786. The van der Waals surface area contributed by atoms with Crippen molar-refractivity contribution < 1.29 is 9.53 Å². The van der Waals surface area contributed by atoms with Gasteiger partial charge in [0.2, 0.25) is 0 Å². The first-order valence-corrected chi connectivity index (χ1v) is 7.70. The minimum Gasteiger partial charge on any atom is -0.484 e. The Kier molecular flexibility index (Phi) is 5.17. The lowest BCUT2D eigenvalue weighted by Crippen LogP contribution is -2.39. The van der Waals surface area contributed by atoms with Crippen molar-refractivity contribution in [3.05, 3.63) is 29.8 Å². The Bertz CT molecular complexity index is 510. The van der Waals surface area contributed by atoms with E-state index in [4.69, 9.17) is 22.7 Å². The normalized spacial score (nSPS) is 14.0. The van der Waals surface area contributed by atoms with E-state index in [9.17, 15) is 4.79 Å². The van der Waals surface area contributed by atoms with E-state index in [2.05, 4.69) is 13.8 Å².